The molecule has 32 valence electrons. The molecule has 0 heterocycles. The van der Waals surface area contributed by atoms with Crippen molar-refractivity contribution in [1.29, 1.82) is 0 Å². The topological polar surface area (TPSA) is 0 Å². The van der Waals surface area contributed by atoms with Gasteiger partial charge in [-0.15, -0.1) is 12.6 Å². The molecule has 1 rings (SSSR count). The molecule has 0 saturated heterocycles. The summed E-state index contributed by atoms with van der Waals surface area (Å²) in [5.74, 6) is 0. The summed E-state index contributed by atoms with van der Waals surface area (Å²) < 4.78 is 2.10. The molecule has 1 aromatic carbocycles. The fraction of sp³-hybridized carbons (Fsp3) is 0. The van der Waals surface area contributed by atoms with E-state index in [-0.39, 0.29) is 0 Å². The van der Waals surface area contributed by atoms with Gasteiger partial charge in [-0.1, -0.05) is 12.2 Å². The van der Waals surface area contributed by atoms with E-state index >= 15 is 0 Å². The smallest absolute Gasteiger partial charge is 0.0666 e. The molecule has 0 aliphatic carbocycles. The quantitative estimate of drug-likeness (QED) is 0.403. The predicted octanol–water partition coefficient (Wildman–Crippen LogP) is 2.18. The van der Waals surface area contributed by atoms with Gasteiger partial charge in [0.1, 0.15) is 0 Å². The van der Waals surface area contributed by atoms with Crippen LogP contribution in [0.1, 0.15) is 0 Å². The largest absolute Gasteiger partial charge is 0.141 e. The van der Waals surface area contributed by atoms with Gasteiger partial charge < -0.3 is 0 Å². The van der Waals surface area contributed by atoms with E-state index in [1.807, 2.05) is 0 Å². The number of halogens is 1. The molecule has 0 unspecified atom stereocenters. The zero-order valence-electron chi connectivity index (χ0n) is 2.73. The fourth-order valence-electron chi connectivity index (χ4n) is 0.140. The highest BCUT2D eigenvalue weighted by Gasteiger charge is 2.07. The third kappa shape index (κ3) is 0.631. The van der Waals surface area contributed by atoms with Gasteiger partial charge in [0.2, 0.25) is 0 Å². The lowest BCUT2D eigenvalue weighted by Crippen LogP contribution is -1.23. The van der Waals surface area contributed by atoms with E-state index in [9.17, 15) is 0 Å². The monoisotopic (exact) mass is 228 g/mol. The van der Waals surface area contributed by atoms with E-state index in [1.165, 1.54) is 0 Å². The standard InChI is InChI=1S/C3HIS2/c4-1-2(5)3(1)6/h5H. The molecule has 0 atom stereocenters. The van der Waals surface area contributed by atoms with Gasteiger partial charge >= 0.3 is 0 Å². The molecule has 0 aromatic heterocycles. The maximum Gasteiger partial charge on any atom is 0.0666 e. The molecule has 0 fully saturated rings. The van der Waals surface area contributed by atoms with Crippen LogP contribution in [0.4, 0.5) is 0 Å². The lowest BCUT2D eigenvalue weighted by molar-refractivity contribution is 1.85. The van der Waals surface area contributed by atoms with Crippen molar-refractivity contribution in [2.75, 3.05) is 0 Å². The van der Waals surface area contributed by atoms with Crippen molar-refractivity contribution in [1.82, 2.24) is 0 Å². The van der Waals surface area contributed by atoms with Crippen LogP contribution in [0.2, 0.25) is 0 Å². The van der Waals surface area contributed by atoms with E-state index < -0.39 is 0 Å². The SMILES string of the molecule is S=c1c(S)c1I. The third-order valence-electron chi connectivity index (χ3n) is 0.560. The van der Waals surface area contributed by atoms with Gasteiger partial charge in [-0.05, 0) is 22.6 Å². The Morgan fingerprint density at radius 3 is 1.83 bits per heavy atom. The van der Waals surface area contributed by atoms with Gasteiger partial charge in [-0.3, -0.25) is 0 Å². The normalized spacial score (nSPS) is 10.3. The summed E-state index contributed by atoms with van der Waals surface area (Å²) in [6, 6.07) is 0. The third-order valence-corrected chi connectivity index (χ3v) is 3.44. The van der Waals surface area contributed by atoms with E-state index in [4.69, 9.17) is 12.2 Å². The van der Waals surface area contributed by atoms with Crippen molar-refractivity contribution >= 4 is 47.4 Å². The second-order valence-electron chi connectivity index (χ2n) is 0.992. The van der Waals surface area contributed by atoms with Crippen LogP contribution < -0.4 is 0 Å². The fourth-order valence-corrected chi connectivity index (χ4v) is 1.34. The average molecular weight is 228 g/mol. The Morgan fingerprint density at radius 2 is 1.83 bits per heavy atom. The molecule has 1 aromatic rings. The van der Waals surface area contributed by atoms with Gasteiger partial charge in [-0.25, -0.2) is 0 Å². The molecule has 0 saturated carbocycles. The van der Waals surface area contributed by atoms with E-state index in [0.29, 0.717) is 0 Å². The predicted molar refractivity (Wildman–Crippen MR) is 39.6 cm³/mol. The molecular weight excluding hydrogens is 227 g/mol. The molecule has 0 nitrogen and oxygen atoms in total. The van der Waals surface area contributed by atoms with Crippen LogP contribution in [0.3, 0.4) is 0 Å². The molecule has 0 amide bonds. The number of hydrogen-bond donors (Lipinski definition) is 1. The van der Waals surface area contributed by atoms with Crippen LogP contribution in [-0.2, 0) is 0 Å². The Kier molecular flexibility index (Phi) is 1.22. The Hall–Kier alpha value is 0.910. The highest BCUT2D eigenvalue weighted by molar-refractivity contribution is 14.1. The second kappa shape index (κ2) is 1.45. The van der Waals surface area contributed by atoms with Crippen molar-refractivity contribution in [2.45, 2.75) is 4.90 Å². The maximum absolute atomic E-state index is 4.74. The van der Waals surface area contributed by atoms with Gasteiger partial charge in [0.15, 0.2) is 0 Å². The maximum atomic E-state index is 4.74. The second-order valence-corrected chi connectivity index (χ2v) is 2.93. The summed E-state index contributed by atoms with van der Waals surface area (Å²) in [5.41, 5.74) is 0. The first-order chi connectivity index (χ1) is 2.73. The summed E-state index contributed by atoms with van der Waals surface area (Å²) in [4.78, 5) is 1.01. The summed E-state index contributed by atoms with van der Waals surface area (Å²) >= 11 is 10.9. The van der Waals surface area contributed by atoms with Crippen LogP contribution in [0.15, 0.2) is 4.90 Å². The molecule has 6 heavy (non-hydrogen) atoms. The summed E-state index contributed by atoms with van der Waals surface area (Å²) in [6.07, 6.45) is 0. The van der Waals surface area contributed by atoms with Crippen LogP contribution in [0.25, 0.3) is 0 Å². The molecular formula is C3HIS2. The molecule has 0 spiro atoms. The molecule has 0 N–H and O–H groups in total. The van der Waals surface area contributed by atoms with Gasteiger partial charge in [0.05, 0.1) is 4.51 Å². The number of rotatable bonds is 0. The first-order valence-corrected chi connectivity index (χ1v) is 3.30. The lowest BCUT2D eigenvalue weighted by Gasteiger charge is -1.49. The van der Waals surface area contributed by atoms with E-state index in [0.717, 1.165) is 13.0 Å². The highest BCUT2D eigenvalue weighted by atomic mass is 127. The van der Waals surface area contributed by atoms with Crippen LogP contribution >= 0.6 is 47.4 Å². The zero-order chi connectivity index (χ0) is 4.73. The Balaban J connectivity index is 3.11. The van der Waals surface area contributed by atoms with Crippen molar-refractivity contribution in [2.24, 2.45) is 0 Å². The van der Waals surface area contributed by atoms with Crippen LogP contribution in [-0.4, -0.2) is 0 Å². The number of thiol groups is 1. The van der Waals surface area contributed by atoms with Gasteiger partial charge in [0.25, 0.3) is 0 Å². The minimum absolute atomic E-state index is 0.943. The van der Waals surface area contributed by atoms with Crippen molar-refractivity contribution in [3.63, 3.8) is 0 Å². The minimum Gasteiger partial charge on any atom is -0.141 e. The summed E-state index contributed by atoms with van der Waals surface area (Å²) in [7, 11) is 0. The lowest BCUT2D eigenvalue weighted by atomic mass is 11.2. The first kappa shape index (κ1) is 5.05. The van der Waals surface area contributed by atoms with E-state index in [2.05, 4.69) is 35.2 Å². The van der Waals surface area contributed by atoms with Crippen molar-refractivity contribution < 1.29 is 0 Å². The van der Waals surface area contributed by atoms with E-state index in [1.54, 1.807) is 0 Å². The molecule has 0 bridgehead atoms. The first-order valence-electron chi connectivity index (χ1n) is 1.37. The average Bonchev–Trinajstić information content (AvgIpc) is 1.94. The molecule has 0 aliphatic rings. The zero-order valence-corrected chi connectivity index (χ0v) is 6.60. The van der Waals surface area contributed by atoms with Gasteiger partial charge in [-0.2, -0.15) is 0 Å². The summed E-state index contributed by atoms with van der Waals surface area (Å²) in [6.45, 7) is 0. The van der Waals surface area contributed by atoms with Gasteiger partial charge in [0, 0.05) is 8.47 Å². The highest BCUT2D eigenvalue weighted by Crippen LogP contribution is 2.28. The molecule has 3 heteroatoms. The van der Waals surface area contributed by atoms with Crippen LogP contribution in [0.5, 0.6) is 0 Å². The Morgan fingerprint density at radius 1 is 1.67 bits per heavy atom. The Bertz CT molecular complexity index is 155. The molecule has 0 radical (unpaired) electrons. The van der Waals surface area contributed by atoms with Crippen molar-refractivity contribution in [3.8, 4) is 0 Å². The summed E-state index contributed by atoms with van der Waals surface area (Å²) in [5, 5.41) is 0. The van der Waals surface area contributed by atoms with Crippen molar-refractivity contribution in [3.05, 3.63) is 8.08 Å². The Labute approximate surface area is 60.2 Å². The minimum atomic E-state index is 0.943. The molecule has 0 aliphatic heterocycles. The van der Waals surface area contributed by atoms with Crippen LogP contribution in [0, 0.1) is 8.08 Å². The number of hydrogen-bond acceptors (Lipinski definition) is 2.